The summed E-state index contributed by atoms with van der Waals surface area (Å²) in [6.07, 6.45) is -33.6. The van der Waals surface area contributed by atoms with Crippen molar-refractivity contribution in [2.45, 2.75) is 270 Å². The van der Waals surface area contributed by atoms with E-state index in [0.717, 1.165) is 53.4 Å². The van der Waals surface area contributed by atoms with Gasteiger partial charge >= 0.3 is 0 Å². The molecular weight excluding hydrogens is 1310 g/mol. The van der Waals surface area contributed by atoms with Gasteiger partial charge in [-0.25, -0.2) is 0 Å². The van der Waals surface area contributed by atoms with E-state index in [9.17, 15) is 95.5 Å². The lowest BCUT2D eigenvalue weighted by Crippen LogP contribution is -2.72. The molecule has 36 nitrogen and oxygen atoms in total. The fourth-order valence-electron chi connectivity index (χ4n) is 12.4. The first kappa shape index (κ1) is 80.4. The largest absolute Gasteiger partial charge is 0.494 e. The van der Waals surface area contributed by atoms with Crippen LogP contribution in [0.4, 0.5) is 0 Å². The first-order valence-electron chi connectivity index (χ1n) is 32.8. The highest BCUT2D eigenvalue weighted by Crippen LogP contribution is 2.37. The van der Waals surface area contributed by atoms with Gasteiger partial charge in [-0.15, -0.1) is 0 Å². The molecule has 7 rings (SSSR count). The number of aliphatic hydroxyl groups excluding tert-OH is 14. The second kappa shape index (κ2) is 37.9. The maximum Gasteiger partial charge on any atom is 0.251 e. The van der Waals surface area contributed by atoms with Gasteiger partial charge in [-0.3, -0.25) is 24.0 Å². The number of hydrogen-bond acceptors (Lipinski definition) is 31. The number of hydrogen-bond donors (Lipinski definition) is 19. The highest BCUT2D eigenvalue weighted by molar-refractivity contribution is 5.94. The maximum absolute atomic E-state index is 13.9. The van der Waals surface area contributed by atoms with E-state index >= 15 is 0 Å². The number of ether oxygens (including phenoxy) is 12. The van der Waals surface area contributed by atoms with Gasteiger partial charge in [-0.1, -0.05) is 44.4 Å². The van der Waals surface area contributed by atoms with Crippen molar-refractivity contribution in [3.63, 3.8) is 0 Å². The summed E-state index contributed by atoms with van der Waals surface area (Å²) in [5, 5.41) is 168. The average molecular weight is 1410 g/mol. The molecule has 6 saturated heterocycles. The summed E-state index contributed by atoms with van der Waals surface area (Å²) in [6.45, 7) is 3.29. The molecule has 98 heavy (non-hydrogen) atoms. The molecule has 6 fully saturated rings. The number of carbonyl (C=O) groups excluding carboxylic acids is 5. The zero-order chi connectivity index (χ0) is 71.8. The molecule has 30 atom stereocenters. The lowest BCUT2D eigenvalue weighted by Gasteiger charge is -2.51. The van der Waals surface area contributed by atoms with Crippen LogP contribution in [-0.4, -0.2) is 325 Å². The lowest BCUT2D eigenvalue weighted by atomic mass is 9.93. The number of allylic oxidation sites excluding steroid dienone is 2. The van der Waals surface area contributed by atoms with Gasteiger partial charge < -0.3 is 155 Å². The zero-order valence-corrected chi connectivity index (χ0v) is 55.2. The fraction of sp³-hybridized carbons (Fsp3) is 0.790. The van der Waals surface area contributed by atoms with Gasteiger partial charge in [-0.05, 0) is 50.8 Å². The van der Waals surface area contributed by atoms with E-state index in [0.29, 0.717) is 18.8 Å². The number of unbranched alkanes of at least 4 members (excludes halogenated alkanes) is 5. The van der Waals surface area contributed by atoms with E-state index in [2.05, 4.69) is 45.7 Å². The van der Waals surface area contributed by atoms with Gasteiger partial charge in [0, 0.05) is 33.3 Å². The second-order valence-corrected chi connectivity index (χ2v) is 25.1. The van der Waals surface area contributed by atoms with E-state index in [1.807, 2.05) is 0 Å². The minimum absolute atomic E-state index is 0.0454. The molecule has 0 bridgehead atoms. The van der Waals surface area contributed by atoms with Crippen LogP contribution in [0.1, 0.15) is 96.8 Å². The average Bonchev–Trinajstić information content (AvgIpc) is 0.772. The van der Waals surface area contributed by atoms with Crippen molar-refractivity contribution >= 4 is 29.5 Å². The Labute approximate surface area is 564 Å². The van der Waals surface area contributed by atoms with Crippen molar-refractivity contribution in [3.05, 3.63) is 42.0 Å². The first-order valence-corrected chi connectivity index (χ1v) is 32.8. The van der Waals surface area contributed by atoms with Gasteiger partial charge in [0.25, 0.3) is 5.91 Å². The second-order valence-electron chi connectivity index (χ2n) is 25.1. The van der Waals surface area contributed by atoms with Crippen molar-refractivity contribution in [2.24, 2.45) is 0 Å². The summed E-state index contributed by atoms with van der Waals surface area (Å²) < 4.78 is 71.9. The number of amides is 5. The number of benzene rings is 1. The molecule has 14 unspecified atom stereocenters. The molecule has 0 spiro atoms. The summed E-state index contributed by atoms with van der Waals surface area (Å²) >= 11 is 0. The number of aliphatic hydroxyl groups is 14. The summed E-state index contributed by atoms with van der Waals surface area (Å²) in [5.41, 5.74) is 0.0454. The molecule has 1 aromatic carbocycles. The molecule has 0 saturated carbocycles. The minimum atomic E-state index is -2.07. The van der Waals surface area contributed by atoms with E-state index in [-0.39, 0.29) is 5.56 Å². The third-order valence-electron chi connectivity index (χ3n) is 17.6. The van der Waals surface area contributed by atoms with Gasteiger partial charge in [0.15, 0.2) is 37.7 Å². The van der Waals surface area contributed by atoms with Crippen LogP contribution in [0.3, 0.4) is 0 Å². The lowest BCUT2D eigenvalue weighted by molar-refractivity contribution is -0.368. The Morgan fingerprint density at radius 3 is 1.34 bits per heavy atom. The van der Waals surface area contributed by atoms with Gasteiger partial charge in [0.05, 0.1) is 45.7 Å². The van der Waals surface area contributed by atoms with Crippen LogP contribution in [0.2, 0.25) is 0 Å². The Bertz CT molecular complexity index is 2710. The predicted molar refractivity (Wildman–Crippen MR) is 328 cm³/mol. The summed E-state index contributed by atoms with van der Waals surface area (Å²) in [7, 11) is 0. The Morgan fingerprint density at radius 2 is 0.878 bits per heavy atom. The van der Waals surface area contributed by atoms with E-state index in [4.69, 9.17) is 56.8 Å². The Hall–Kier alpha value is -4.89. The van der Waals surface area contributed by atoms with Crippen molar-refractivity contribution in [2.75, 3.05) is 39.6 Å². The van der Waals surface area contributed by atoms with Gasteiger partial charge in [0.2, 0.25) is 23.6 Å². The zero-order valence-electron chi connectivity index (χ0n) is 55.2. The van der Waals surface area contributed by atoms with Gasteiger partial charge in [-0.2, -0.15) is 0 Å². The fourth-order valence-corrected chi connectivity index (χ4v) is 12.4. The van der Waals surface area contributed by atoms with Crippen LogP contribution < -0.4 is 31.3 Å². The molecule has 36 heteroatoms. The van der Waals surface area contributed by atoms with Crippen LogP contribution in [0.5, 0.6) is 5.75 Å². The summed E-state index contributed by atoms with van der Waals surface area (Å²) in [5.74, 6) is -3.72. The van der Waals surface area contributed by atoms with Crippen LogP contribution in [-0.2, 0) is 71.3 Å². The van der Waals surface area contributed by atoms with Crippen LogP contribution in [0.15, 0.2) is 36.4 Å². The molecule has 0 radical (unpaired) electrons. The van der Waals surface area contributed by atoms with Crippen molar-refractivity contribution < 1.29 is 152 Å². The quantitative estimate of drug-likeness (QED) is 0.0243. The van der Waals surface area contributed by atoms with Crippen LogP contribution in [0, 0.1) is 0 Å². The molecule has 0 aromatic heterocycles. The topological polar surface area (TPSA) is 539 Å². The van der Waals surface area contributed by atoms with E-state index < -0.39 is 246 Å². The van der Waals surface area contributed by atoms with Crippen molar-refractivity contribution in [3.8, 4) is 5.75 Å². The third kappa shape index (κ3) is 20.5. The smallest absolute Gasteiger partial charge is 0.251 e. The number of rotatable bonds is 31. The molecular formula is C62H99N5O31. The predicted octanol–water partition coefficient (Wildman–Crippen LogP) is -7.37. The third-order valence-corrected chi connectivity index (χ3v) is 17.6. The van der Waals surface area contributed by atoms with Gasteiger partial charge in [0.1, 0.15) is 146 Å². The SMILES string of the molecule is CCCCCC/C=C\CCCOc1cccc(C(=O)NC2[C@H](O[C@H]3C(O)C(NC(C)=O)[C@H](OC4C(CO)O[C@@H](O[C@H]5C(O)C(NC(C)=O)C(OC6C(CO[C@@H]7OC(C)C(O)[C@H](O)[C@H]7O)OC(O)[C@@H](NC(C)=O)[C@H]6O)O[C@H]5CO)[C@@H](NC(C)=O)[C@H]4O)O[C@H]3CO)OC(CO)[C@@H](O)[C@@H]2O)c1. The molecule has 6 aliphatic rings. The van der Waals surface area contributed by atoms with Crippen molar-refractivity contribution in [1.82, 2.24) is 26.6 Å². The van der Waals surface area contributed by atoms with E-state index in [1.165, 1.54) is 31.9 Å². The van der Waals surface area contributed by atoms with Crippen molar-refractivity contribution in [1.29, 1.82) is 0 Å². The standard InChI is InChI=1S/C62H99N5O31/c1-7-8-9-10-11-12-13-14-15-19-87-32-18-16-17-31(20-32)56(85)67-39-45(78)44(77)33(21-68)91-58(39)95-52-34(22-69)92-59(40(47(52)80)64-28(4)73)96-53-35(23-70)93-60(41(48(53)81)65-29(5)74)97-54-36(24-71)94-61(42(49(54)82)66-30(6)75)98-55-37(90-57(86)38(46(55)79)63-27(3)72)25-88-62-51(84)50(83)43(76)26(2)89-62/h12-13,16-18,20,26,33-55,57-62,68-71,76-84,86H,7-11,14-15,19,21-25H2,1-6H3,(H,63,72)(H,64,73)(H,65,74)(H,66,75)(H,67,85)/b13-12-/t26?,33?,34-,35?,36-,37?,38-,39?,40?,41-,42?,43?,44+,45+,46+,47?,48+,49?,50-,51+,52+,53?,54+,55?,57?,58-,59-,60-,61?,62+/m0/s1. The molecule has 5 amide bonds. The Morgan fingerprint density at radius 1 is 0.449 bits per heavy atom. The first-order chi connectivity index (χ1) is 46.7. The minimum Gasteiger partial charge on any atom is -0.494 e. The normalized spacial score (nSPS) is 39.9. The number of carbonyl (C=O) groups is 5. The van der Waals surface area contributed by atoms with Crippen LogP contribution >= 0.6 is 0 Å². The van der Waals surface area contributed by atoms with Crippen LogP contribution in [0.25, 0.3) is 0 Å². The molecule has 0 aliphatic carbocycles. The molecule has 19 N–H and O–H groups in total. The summed E-state index contributed by atoms with van der Waals surface area (Å²) in [4.78, 5) is 65.0. The maximum atomic E-state index is 13.9. The van der Waals surface area contributed by atoms with E-state index in [1.54, 1.807) is 12.1 Å². The molecule has 1 aromatic rings. The summed E-state index contributed by atoms with van der Waals surface area (Å²) in [6, 6.07) is -2.52. The highest BCUT2D eigenvalue weighted by Gasteiger charge is 2.58. The molecule has 6 aliphatic heterocycles. The number of nitrogens with one attached hydrogen (secondary N) is 5. The molecule has 558 valence electrons. The molecule has 6 heterocycles. The highest BCUT2D eigenvalue weighted by atomic mass is 16.8. The monoisotopic (exact) mass is 1410 g/mol. The Balaban J connectivity index is 1.07. The Kier molecular flexibility index (Phi) is 31.1.